The first kappa shape index (κ1) is 16.0. The van der Waals surface area contributed by atoms with Crippen molar-refractivity contribution in [1.82, 2.24) is 9.78 Å². The quantitative estimate of drug-likeness (QED) is 0.832. The lowest BCUT2D eigenvalue weighted by Crippen LogP contribution is -2.26. The van der Waals surface area contributed by atoms with Crippen molar-refractivity contribution in [2.24, 2.45) is 5.41 Å². The molecule has 0 aromatic carbocycles. The van der Waals surface area contributed by atoms with E-state index in [-0.39, 0.29) is 12.5 Å². The van der Waals surface area contributed by atoms with Gasteiger partial charge in [-0.15, -0.1) is 0 Å². The smallest absolute Gasteiger partial charge is 0.270 e. The van der Waals surface area contributed by atoms with Gasteiger partial charge in [0.1, 0.15) is 0 Å². The van der Waals surface area contributed by atoms with E-state index in [1.165, 1.54) is 4.68 Å². The van der Waals surface area contributed by atoms with Crippen LogP contribution in [0.25, 0.3) is 0 Å². The molecule has 7 heteroatoms. The molecule has 1 aromatic rings. The molecule has 0 bridgehead atoms. The zero-order valence-corrected chi connectivity index (χ0v) is 11.3. The Hall–Kier alpha value is -2.02. The average molecular weight is 284 g/mol. The highest BCUT2D eigenvalue weighted by Gasteiger charge is 2.37. The molecule has 0 unspecified atom stereocenters. The minimum absolute atomic E-state index is 0.164. The Labute approximate surface area is 115 Å². The molecule has 0 aliphatic rings. The van der Waals surface area contributed by atoms with Crippen molar-refractivity contribution < 1.29 is 13.2 Å². The van der Waals surface area contributed by atoms with Crippen LogP contribution in [0, 0.1) is 28.1 Å². The van der Waals surface area contributed by atoms with Gasteiger partial charge in [0.2, 0.25) is 0 Å². The van der Waals surface area contributed by atoms with Gasteiger partial charge in [0.25, 0.3) is 0 Å². The fourth-order valence-electron chi connectivity index (χ4n) is 1.69. The van der Waals surface area contributed by atoms with Crippen molar-refractivity contribution in [2.75, 3.05) is 0 Å². The van der Waals surface area contributed by atoms with Gasteiger partial charge in [0.05, 0.1) is 24.4 Å². The number of halogens is 3. The van der Waals surface area contributed by atoms with Crippen molar-refractivity contribution in [3.05, 3.63) is 18.0 Å². The Bertz CT molecular complexity index is 517. The first-order chi connectivity index (χ1) is 9.21. The Morgan fingerprint density at radius 3 is 2.25 bits per heavy atom. The lowest BCUT2D eigenvalue weighted by Gasteiger charge is -2.19. The van der Waals surface area contributed by atoms with E-state index in [0.717, 1.165) is 5.69 Å². The maximum absolute atomic E-state index is 12.3. The normalized spacial score (nSPS) is 12.2. The number of hydrogen-bond acceptors (Lipinski definition) is 3. The Balaban J connectivity index is 2.86. The molecule has 0 spiro atoms. The molecule has 0 atom stereocenters. The van der Waals surface area contributed by atoms with Crippen molar-refractivity contribution in [2.45, 2.75) is 45.3 Å². The van der Waals surface area contributed by atoms with Crippen LogP contribution in [-0.2, 0) is 6.54 Å². The van der Waals surface area contributed by atoms with Crippen molar-refractivity contribution in [1.29, 1.82) is 10.5 Å². The van der Waals surface area contributed by atoms with Crippen LogP contribution >= 0.6 is 0 Å². The SMILES string of the molecule is CC(C)c1ccn(CC(C#N)(C#N)CCC(F)(F)F)n1. The van der Waals surface area contributed by atoms with Crippen LogP contribution in [0.15, 0.2) is 12.3 Å². The molecule has 0 aliphatic heterocycles. The largest absolute Gasteiger partial charge is 0.389 e. The van der Waals surface area contributed by atoms with E-state index >= 15 is 0 Å². The third-order valence-electron chi connectivity index (χ3n) is 2.95. The number of aromatic nitrogens is 2. The molecule has 20 heavy (non-hydrogen) atoms. The highest BCUT2D eigenvalue weighted by molar-refractivity contribution is 5.14. The minimum Gasteiger partial charge on any atom is -0.270 e. The Kier molecular flexibility index (Phi) is 4.78. The summed E-state index contributed by atoms with van der Waals surface area (Å²) in [6.07, 6.45) is -4.52. The average Bonchev–Trinajstić information content (AvgIpc) is 2.82. The molecular formula is C13H15F3N4. The second kappa shape index (κ2) is 5.96. The van der Waals surface area contributed by atoms with Crippen LogP contribution in [0.5, 0.6) is 0 Å². The Morgan fingerprint density at radius 1 is 1.25 bits per heavy atom. The van der Waals surface area contributed by atoms with E-state index in [9.17, 15) is 13.2 Å². The number of rotatable bonds is 5. The van der Waals surface area contributed by atoms with Crippen LogP contribution in [-0.4, -0.2) is 16.0 Å². The maximum atomic E-state index is 12.3. The topological polar surface area (TPSA) is 65.4 Å². The van der Waals surface area contributed by atoms with Crippen molar-refractivity contribution >= 4 is 0 Å². The standard InChI is InChI=1S/C13H15F3N4/c1-10(2)11-3-6-20(19-11)9-12(7-17,8-18)4-5-13(14,15)16/h3,6,10H,4-5,9H2,1-2H3. The molecule has 1 aromatic heterocycles. The molecule has 1 rings (SSSR count). The molecule has 108 valence electrons. The van der Waals surface area contributed by atoms with E-state index in [0.29, 0.717) is 0 Å². The minimum atomic E-state index is -4.38. The summed E-state index contributed by atoms with van der Waals surface area (Å²) < 4.78 is 38.2. The highest BCUT2D eigenvalue weighted by Crippen LogP contribution is 2.31. The molecule has 0 radical (unpaired) electrons. The van der Waals surface area contributed by atoms with Gasteiger partial charge in [-0.2, -0.15) is 28.8 Å². The predicted octanol–water partition coefficient (Wildman–Crippen LogP) is 3.38. The van der Waals surface area contributed by atoms with Crippen LogP contribution in [0.4, 0.5) is 13.2 Å². The van der Waals surface area contributed by atoms with Crippen molar-refractivity contribution in [3.63, 3.8) is 0 Å². The highest BCUT2D eigenvalue weighted by atomic mass is 19.4. The number of alkyl halides is 3. The first-order valence-electron chi connectivity index (χ1n) is 6.14. The molecule has 0 saturated heterocycles. The summed E-state index contributed by atoms with van der Waals surface area (Å²) in [6.45, 7) is 3.69. The van der Waals surface area contributed by atoms with Crippen LogP contribution in [0.3, 0.4) is 0 Å². The molecule has 4 nitrogen and oxygen atoms in total. The van der Waals surface area contributed by atoms with Crippen LogP contribution in [0.2, 0.25) is 0 Å². The molecule has 0 N–H and O–H groups in total. The van der Waals surface area contributed by atoms with Gasteiger partial charge in [-0.1, -0.05) is 13.8 Å². The van der Waals surface area contributed by atoms with E-state index in [1.807, 2.05) is 13.8 Å². The predicted molar refractivity (Wildman–Crippen MR) is 65.3 cm³/mol. The molecule has 0 saturated carbocycles. The van der Waals surface area contributed by atoms with Gasteiger partial charge in [-0.25, -0.2) is 0 Å². The summed E-state index contributed by atoms with van der Waals surface area (Å²) in [5.41, 5.74) is -0.943. The molecule has 0 fully saturated rings. The summed E-state index contributed by atoms with van der Waals surface area (Å²) >= 11 is 0. The monoisotopic (exact) mass is 284 g/mol. The van der Waals surface area contributed by atoms with Gasteiger partial charge >= 0.3 is 6.18 Å². The fraction of sp³-hybridized carbons (Fsp3) is 0.615. The second-order valence-electron chi connectivity index (χ2n) is 5.01. The van der Waals surface area contributed by atoms with Gasteiger partial charge in [0, 0.05) is 12.6 Å². The summed E-state index contributed by atoms with van der Waals surface area (Å²) in [6, 6.07) is 5.14. The van der Waals surface area contributed by atoms with Crippen LogP contribution in [0.1, 0.15) is 38.3 Å². The maximum Gasteiger partial charge on any atom is 0.389 e. The van der Waals surface area contributed by atoms with Gasteiger partial charge in [0.15, 0.2) is 5.41 Å². The van der Waals surface area contributed by atoms with E-state index in [2.05, 4.69) is 5.10 Å². The summed E-state index contributed by atoms with van der Waals surface area (Å²) in [5.74, 6) is 0.171. The summed E-state index contributed by atoms with van der Waals surface area (Å²) in [5, 5.41) is 22.3. The number of nitriles is 2. The number of nitrogens with zero attached hydrogens (tertiary/aromatic N) is 4. The first-order valence-corrected chi connectivity index (χ1v) is 6.14. The second-order valence-corrected chi connectivity index (χ2v) is 5.01. The molecule has 0 amide bonds. The third-order valence-corrected chi connectivity index (χ3v) is 2.95. The van der Waals surface area contributed by atoms with Gasteiger partial charge in [-0.3, -0.25) is 4.68 Å². The lowest BCUT2D eigenvalue weighted by molar-refractivity contribution is -0.138. The summed E-state index contributed by atoms with van der Waals surface area (Å²) in [4.78, 5) is 0. The van der Waals surface area contributed by atoms with Gasteiger partial charge in [-0.05, 0) is 18.4 Å². The zero-order valence-electron chi connectivity index (χ0n) is 11.3. The lowest BCUT2D eigenvalue weighted by atomic mass is 9.86. The third kappa shape index (κ3) is 4.27. The Morgan fingerprint density at radius 2 is 1.85 bits per heavy atom. The van der Waals surface area contributed by atoms with E-state index < -0.39 is 24.4 Å². The summed E-state index contributed by atoms with van der Waals surface area (Å²) in [7, 11) is 0. The van der Waals surface area contributed by atoms with Gasteiger partial charge < -0.3 is 0 Å². The van der Waals surface area contributed by atoms with E-state index in [4.69, 9.17) is 10.5 Å². The van der Waals surface area contributed by atoms with Crippen LogP contribution < -0.4 is 0 Å². The molecule has 0 aliphatic carbocycles. The number of hydrogen-bond donors (Lipinski definition) is 0. The molecular weight excluding hydrogens is 269 g/mol. The van der Waals surface area contributed by atoms with E-state index in [1.54, 1.807) is 24.4 Å². The fourth-order valence-corrected chi connectivity index (χ4v) is 1.69. The van der Waals surface area contributed by atoms with Crippen molar-refractivity contribution in [3.8, 4) is 12.1 Å². The zero-order chi connectivity index (χ0) is 15.4. The molecule has 1 heterocycles.